The van der Waals surface area contributed by atoms with Gasteiger partial charge in [-0.1, -0.05) is 35.9 Å². The number of aliphatic hydroxyl groups excluding tert-OH is 1. The summed E-state index contributed by atoms with van der Waals surface area (Å²) in [4.78, 5) is 45.7. The second kappa shape index (κ2) is 29.5. The average Bonchev–Trinajstić information content (AvgIpc) is 1.36. The average molecular weight is 1380 g/mol. The number of pyridine rings is 3. The number of methoxy groups -OCH3 is 1. The number of ether oxygens (including phenoxy) is 1. The number of halogens is 7. The van der Waals surface area contributed by atoms with Crippen LogP contribution in [-0.4, -0.2) is 135 Å². The fourth-order valence-corrected chi connectivity index (χ4v) is 13.7. The molecule has 6 aromatic heterocycles. The Morgan fingerprint density at radius 1 is 0.460 bits per heavy atom. The first-order valence-electron chi connectivity index (χ1n) is 33.3. The van der Waals surface area contributed by atoms with E-state index in [1.807, 2.05) is 101 Å². The highest BCUT2D eigenvalue weighted by molar-refractivity contribution is 6.33. The van der Waals surface area contributed by atoms with E-state index >= 15 is 0 Å². The SMILES string of the molecule is COc1ccc(-c2ccn(-c3ccc4c(cnn4CCN4CCCC4)c3)c(=O)c2)c(C)c1.O=c1cc(-c2ccc(C(F)(F)F)cc2)ccn1-c1ccc2c(cnn2CCN2CC[C@H](O)C2)c1.O=c1cc(-c2ccc(C(F)(F)F)cc2Cl)ccn1-c1ccc2c(cnn2CCN2CCCC2)c1. The van der Waals surface area contributed by atoms with E-state index < -0.39 is 23.5 Å². The summed E-state index contributed by atoms with van der Waals surface area (Å²) in [7, 11) is 1.66. The summed E-state index contributed by atoms with van der Waals surface area (Å²) >= 11 is 6.09. The summed E-state index contributed by atoms with van der Waals surface area (Å²) in [6.07, 6.45) is 7.30. The maximum absolute atomic E-state index is 13.0. The Hall–Kier alpha value is -9.91. The van der Waals surface area contributed by atoms with Gasteiger partial charge in [-0.15, -0.1) is 0 Å². The van der Waals surface area contributed by atoms with Gasteiger partial charge in [0, 0.05) is 113 Å². The maximum Gasteiger partial charge on any atom is 0.416 e. The normalized spacial score (nSPS) is 15.4. The van der Waals surface area contributed by atoms with Gasteiger partial charge in [-0.25, -0.2) is 0 Å². The van der Waals surface area contributed by atoms with Crippen LogP contribution in [0.25, 0.3) is 83.2 Å². The lowest BCUT2D eigenvalue weighted by Gasteiger charge is -2.15. The Morgan fingerprint density at radius 3 is 1.29 bits per heavy atom. The number of nitrogens with zero attached hydrogens (tertiary/aromatic N) is 12. The monoisotopic (exact) mass is 1380 g/mol. The van der Waals surface area contributed by atoms with Crippen LogP contribution in [0.2, 0.25) is 5.02 Å². The molecular formula is C76H73ClF6N12O5. The third-order valence-electron chi connectivity index (χ3n) is 18.9. The summed E-state index contributed by atoms with van der Waals surface area (Å²) in [5.41, 5.74) is 7.99. The zero-order valence-electron chi connectivity index (χ0n) is 55.1. The first-order valence-corrected chi connectivity index (χ1v) is 33.7. The molecule has 3 aliphatic rings. The molecule has 3 saturated heterocycles. The number of β-amino-alcohol motifs (C(OH)–C–C–N with tert-alkyl or cyclic N) is 1. The van der Waals surface area contributed by atoms with Gasteiger partial charge in [0.25, 0.3) is 16.7 Å². The summed E-state index contributed by atoms with van der Waals surface area (Å²) in [5.74, 6) is 0.814. The largest absolute Gasteiger partial charge is 0.497 e. The molecule has 0 aliphatic carbocycles. The molecule has 15 rings (SSSR count). The third kappa shape index (κ3) is 15.6. The number of rotatable bonds is 16. The van der Waals surface area contributed by atoms with Crippen molar-refractivity contribution in [3.63, 3.8) is 0 Å². The first-order chi connectivity index (χ1) is 48.2. The van der Waals surface area contributed by atoms with Crippen molar-refractivity contribution in [1.29, 1.82) is 0 Å². The van der Waals surface area contributed by atoms with Crippen LogP contribution in [0.5, 0.6) is 5.75 Å². The van der Waals surface area contributed by atoms with Gasteiger partial charge in [0.1, 0.15) is 5.75 Å². The molecule has 0 bridgehead atoms. The summed E-state index contributed by atoms with van der Waals surface area (Å²) in [6.45, 7) is 13.5. The maximum atomic E-state index is 13.0. The minimum atomic E-state index is -4.48. The van der Waals surface area contributed by atoms with Crippen LogP contribution >= 0.6 is 11.6 Å². The van der Waals surface area contributed by atoms with E-state index in [0.717, 1.165) is 144 Å². The number of benzene rings is 6. The van der Waals surface area contributed by atoms with Gasteiger partial charge in [0.2, 0.25) is 0 Å². The molecule has 0 unspecified atom stereocenters. The summed E-state index contributed by atoms with van der Waals surface area (Å²) in [6, 6.07) is 41.1. The van der Waals surface area contributed by atoms with Gasteiger partial charge in [0.05, 0.1) is 79.1 Å². The van der Waals surface area contributed by atoms with E-state index in [1.165, 1.54) is 78.2 Å². The molecular weight excluding hydrogens is 1310 g/mol. The fraction of sp³-hybridized carbons (Fsp3) is 0.289. The van der Waals surface area contributed by atoms with E-state index in [4.69, 9.17) is 16.3 Å². The van der Waals surface area contributed by atoms with Gasteiger partial charge in [-0.05, 0) is 208 Å². The molecule has 0 amide bonds. The van der Waals surface area contributed by atoms with Crippen LogP contribution in [0.1, 0.15) is 48.8 Å². The highest BCUT2D eigenvalue weighted by Gasteiger charge is 2.32. The number of alkyl halides is 6. The lowest BCUT2D eigenvalue weighted by Crippen LogP contribution is -2.26. The lowest BCUT2D eigenvalue weighted by atomic mass is 10.0. The minimum Gasteiger partial charge on any atom is -0.497 e. The van der Waals surface area contributed by atoms with Crippen molar-refractivity contribution < 1.29 is 36.2 Å². The molecule has 1 atom stereocenters. The third-order valence-corrected chi connectivity index (χ3v) is 19.2. The second-order valence-corrected chi connectivity index (χ2v) is 25.9. The zero-order chi connectivity index (χ0) is 69.8. The van der Waals surface area contributed by atoms with Crippen LogP contribution in [0.4, 0.5) is 26.3 Å². The van der Waals surface area contributed by atoms with E-state index in [0.29, 0.717) is 46.7 Å². The van der Waals surface area contributed by atoms with Crippen molar-refractivity contribution in [2.45, 2.75) is 77.1 Å². The minimum absolute atomic E-state index is 0.0570. The molecule has 12 aromatic rings. The van der Waals surface area contributed by atoms with Crippen molar-refractivity contribution in [2.24, 2.45) is 0 Å². The molecule has 0 spiro atoms. The Morgan fingerprint density at radius 2 is 0.880 bits per heavy atom. The van der Waals surface area contributed by atoms with Crippen molar-refractivity contribution in [3.8, 4) is 56.2 Å². The number of fused-ring (bicyclic) bond motifs is 3. The molecule has 0 radical (unpaired) electrons. The molecule has 0 saturated carbocycles. The smallest absolute Gasteiger partial charge is 0.416 e. The van der Waals surface area contributed by atoms with Crippen molar-refractivity contribution in [1.82, 2.24) is 57.7 Å². The summed E-state index contributed by atoms with van der Waals surface area (Å²) < 4.78 is 93.1. The van der Waals surface area contributed by atoms with E-state index in [1.54, 1.807) is 54.7 Å². The fourth-order valence-electron chi connectivity index (χ4n) is 13.4. The number of aryl methyl sites for hydroxylation is 1. The number of likely N-dealkylation sites (tertiary alicyclic amines) is 3. The van der Waals surface area contributed by atoms with Crippen molar-refractivity contribution in [2.75, 3.05) is 66.0 Å². The van der Waals surface area contributed by atoms with Crippen LogP contribution in [0.3, 0.4) is 0 Å². The van der Waals surface area contributed by atoms with Gasteiger partial charge < -0.3 is 19.6 Å². The highest BCUT2D eigenvalue weighted by Crippen LogP contribution is 2.36. The Kier molecular flexibility index (Phi) is 20.2. The van der Waals surface area contributed by atoms with Crippen LogP contribution in [-0.2, 0) is 32.0 Å². The van der Waals surface area contributed by atoms with Crippen molar-refractivity contribution >= 4 is 44.3 Å². The van der Waals surface area contributed by atoms with Crippen molar-refractivity contribution in [3.05, 3.63) is 242 Å². The molecule has 516 valence electrons. The summed E-state index contributed by atoms with van der Waals surface area (Å²) in [5, 5.41) is 26.1. The zero-order valence-corrected chi connectivity index (χ0v) is 55.8. The second-order valence-electron chi connectivity index (χ2n) is 25.5. The van der Waals surface area contributed by atoms with E-state index in [9.17, 15) is 45.8 Å². The number of aromatic nitrogens is 9. The molecule has 6 aromatic carbocycles. The van der Waals surface area contributed by atoms with Gasteiger partial charge in [-0.2, -0.15) is 41.6 Å². The lowest BCUT2D eigenvalue weighted by molar-refractivity contribution is -0.138. The molecule has 9 heterocycles. The number of hydrogen-bond acceptors (Lipinski definition) is 11. The van der Waals surface area contributed by atoms with Gasteiger partial charge >= 0.3 is 12.4 Å². The molecule has 24 heteroatoms. The van der Waals surface area contributed by atoms with Gasteiger partial charge in [-0.3, -0.25) is 47.0 Å². The molecule has 1 N–H and O–H groups in total. The molecule has 3 aliphatic heterocycles. The molecule has 100 heavy (non-hydrogen) atoms. The van der Waals surface area contributed by atoms with Crippen LogP contribution in [0, 0.1) is 6.92 Å². The Labute approximate surface area is 576 Å². The Balaban J connectivity index is 0.000000134. The molecule has 17 nitrogen and oxygen atoms in total. The highest BCUT2D eigenvalue weighted by atomic mass is 35.5. The first kappa shape index (κ1) is 68.6. The predicted molar refractivity (Wildman–Crippen MR) is 377 cm³/mol. The predicted octanol–water partition coefficient (Wildman–Crippen LogP) is 13.8. The number of hydrogen-bond donors (Lipinski definition) is 1. The quantitative estimate of drug-likeness (QED) is 0.0918. The van der Waals surface area contributed by atoms with Crippen LogP contribution < -0.4 is 21.4 Å². The molecule has 3 fully saturated rings. The topological polar surface area (TPSA) is 159 Å². The van der Waals surface area contributed by atoms with E-state index in [2.05, 4.69) is 40.7 Å². The van der Waals surface area contributed by atoms with Crippen LogP contribution in [0.15, 0.2) is 203 Å². The Bertz CT molecular complexity index is 5100. The number of aliphatic hydroxyl groups is 1. The van der Waals surface area contributed by atoms with Gasteiger partial charge in [0.15, 0.2) is 0 Å². The standard InChI is InChI=1S/C26H28N4O2.C25H22ClF3N4O.C25H23F3N4O2/c1-19-15-23(32-2)6-7-24(19)20-9-12-29(26(31)17-20)22-5-8-25-21(16-22)18-27-30(25)14-13-28-10-3-4-11-28;26-22-15-19(25(27,28)29)3-5-21(22)17-7-10-32(24(34)14-17)20-4-6-23-18(13-20)16-30-33(23)12-11-31-8-1-2-9-31;26-25(27,28)20-3-1-17(2-4-20)18-7-10-31(24(34)14-18)21-5-6-23-19(13-21)15-29-32(23)12-11-30-9-8-22(33)16-30/h5-9,12,15-18H,3-4,10-11,13-14H2,1-2H3;3-7,10,13-16H,1-2,8-9,11-12H2;1-7,10,13-15,22,33H,8-9,11-12,16H2/t;;22-/m..0/s1. The van der Waals surface area contributed by atoms with E-state index in [-0.39, 0.29) is 27.8 Å².